The van der Waals surface area contributed by atoms with E-state index in [4.69, 9.17) is 18.9 Å². The van der Waals surface area contributed by atoms with Gasteiger partial charge in [0.1, 0.15) is 24.9 Å². The van der Waals surface area contributed by atoms with Gasteiger partial charge in [0.25, 0.3) is 0 Å². The molecule has 0 bridgehead atoms. The van der Waals surface area contributed by atoms with Crippen molar-refractivity contribution >= 4 is 11.9 Å². The third kappa shape index (κ3) is 14.2. The van der Waals surface area contributed by atoms with Gasteiger partial charge in [-0.2, -0.15) is 0 Å². The molecule has 0 saturated carbocycles. The second-order valence-corrected chi connectivity index (χ2v) is 9.72. The molecule has 206 valence electrons. The van der Waals surface area contributed by atoms with E-state index in [9.17, 15) is 19.8 Å². The normalized spacial score (nSPS) is 24.3. The number of carbonyl (C=O) groups is 2. The van der Waals surface area contributed by atoms with Crippen LogP contribution in [0.5, 0.6) is 0 Å². The highest BCUT2D eigenvalue weighted by Crippen LogP contribution is 2.25. The number of methoxy groups -OCH3 is 1. The van der Waals surface area contributed by atoms with Crippen LogP contribution in [0, 0.1) is 0 Å². The van der Waals surface area contributed by atoms with Gasteiger partial charge in [-0.15, -0.1) is 0 Å². The molecule has 5 atom stereocenters. The van der Waals surface area contributed by atoms with E-state index in [2.05, 4.69) is 6.92 Å². The molecule has 1 aliphatic rings. The van der Waals surface area contributed by atoms with E-state index in [1.165, 1.54) is 91.1 Å². The quantitative estimate of drug-likeness (QED) is 0.180. The van der Waals surface area contributed by atoms with Crippen molar-refractivity contribution in [1.29, 1.82) is 0 Å². The first kappa shape index (κ1) is 31.8. The molecule has 35 heavy (non-hydrogen) atoms. The Labute approximate surface area is 212 Å². The summed E-state index contributed by atoms with van der Waals surface area (Å²) in [6.45, 7) is 3.24. The summed E-state index contributed by atoms with van der Waals surface area (Å²) in [5.74, 6) is -0.985. The van der Waals surface area contributed by atoms with E-state index in [0.29, 0.717) is 6.42 Å². The second-order valence-electron chi connectivity index (χ2n) is 9.72. The van der Waals surface area contributed by atoms with Gasteiger partial charge >= 0.3 is 11.9 Å². The van der Waals surface area contributed by atoms with Crippen LogP contribution in [-0.4, -0.2) is 66.6 Å². The molecule has 0 spiro atoms. The Balaban J connectivity index is 2.03. The van der Waals surface area contributed by atoms with E-state index >= 15 is 0 Å². The van der Waals surface area contributed by atoms with Crippen molar-refractivity contribution in [2.75, 3.05) is 13.7 Å². The van der Waals surface area contributed by atoms with E-state index in [1.807, 2.05) is 0 Å². The molecule has 8 nitrogen and oxygen atoms in total. The molecular weight excluding hydrogens is 452 g/mol. The highest BCUT2D eigenvalue weighted by atomic mass is 16.7. The molecule has 0 aromatic heterocycles. The van der Waals surface area contributed by atoms with Crippen LogP contribution in [0.3, 0.4) is 0 Å². The van der Waals surface area contributed by atoms with Gasteiger partial charge in [-0.25, -0.2) is 0 Å². The maximum atomic E-state index is 12.0. The Morgan fingerprint density at radius 3 is 1.71 bits per heavy atom. The van der Waals surface area contributed by atoms with Crippen molar-refractivity contribution in [3.63, 3.8) is 0 Å². The first-order valence-electron chi connectivity index (χ1n) is 13.8. The molecule has 8 heteroatoms. The molecule has 0 amide bonds. The molecule has 1 heterocycles. The van der Waals surface area contributed by atoms with Gasteiger partial charge in [0.2, 0.25) is 0 Å². The number of aliphatic hydroxyl groups is 2. The maximum absolute atomic E-state index is 12.0. The molecule has 1 aliphatic heterocycles. The van der Waals surface area contributed by atoms with E-state index < -0.39 is 36.7 Å². The van der Waals surface area contributed by atoms with Crippen LogP contribution in [0.2, 0.25) is 0 Å². The fourth-order valence-corrected chi connectivity index (χ4v) is 4.44. The number of esters is 2. The maximum Gasteiger partial charge on any atom is 0.305 e. The van der Waals surface area contributed by atoms with Crippen molar-refractivity contribution in [3.8, 4) is 0 Å². The Morgan fingerprint density at radius 2 is 1.26 bits per heavy atom. The van der Waals surface area contributed by atoms with Crippen LogP contribution in [0.25, 0.3) is 0 Å². The molecule has 1 saturated heterocycles. The monoisotopic (exact) mass is 502 g/mol. The molecule has 1 fully saturated rings. The van der Waals surface area contributed by atoms with Gasteiger partial charge in [-0.1, -0.05) is 96.8 Å². The molecule has 2 unspecified atom stereocenters. The second kappa shape index (κ2) is 19.9. The number of carbonyl (C=O) groups excluding carboxylic acids is 2. The average molecular weight is 503 g/mol. The summed E-state index contributed by atoms with van der Waals surface area (Å²) >= 11 is 0. The predicted molar refractivity (Wildman–Crippen MR) is 134 cm³/mol. The number of unbranched alkanes of at least 4 members (excludes halogenated alkanes) is 14. The summed E-state index contributed by atoms with van der Waals surface area (Å²) in [4.78, 5) is 23.3. The Morgan fingerprint density at radius 1 is 0.771 bits per heavy atom. The number of hydrogen-bond acceptors (Lipinski definition) is 8. The lowest BCUT2D eigenvalue weighted by atomic mass is 9.99. The third-order valence-electron chi connectivity index (χ3n) is 6.57. The van der Waals surface area contributed by atoms with Crippen LogP contribution in [0.15, 0.2) is 0 Å². The Bertz CT molecular complexity index is 553. The summed E-state index contributed by atoms with van der Waals surface area (Å²) < 4.78 is 20.8. The summed E-state index contributed by atoms with van der Waals surface area (Å²) in [6, 6.07) is 0. The highest BCUT2D eigenvalue weighted by molar-refractivity contribution is 5.69. The first-order chi connectivity index (χ1) is 16.9. The lowest BCUT2D eigenvalue weighted by Crippen LogP contribution is -2.60. The fraction of sp³-hybridized carbons (Fsp3) is 0.926. The Hall–Kier alpha value is -1.22. The van der Waals surface area contributed by atoms with Crippen molar-refractivity contribution in [3.05, 3.63) is 0 Å². The number of hydrogen-bond donors (Lipinski definition) is 2. The van der Waals surface area contributed by atoms with Gasteiger partial charge in [0.15, 0.2) is 12.4 Å². The van der Waals surface area contributed by atoms with E-state index in [0.717, 1.165) is 19.3 Å². The third-order valence-corrected chi connectivity index (χ3v) is 6.57. The minimum Gasteiger partial charge on any atom is -0.463 e. The van der Waals surface area contributed by atoms with Gasteiger partial charge in [0, 0.05) is 20.5 Å². The summed E-state index contributed by atoms with van der Waals surface area (Å²) in [7, 11) is 1.34. The molecule has 0 aromatic rings. The Kier molecular flexibility index (Phi) is 18.1. The van der Waals surface area contributed by atoms with Crippen LogP contribution < -0.4 is 0 Å². The van der Waals surface area contributed by atoms with Gasteiger partial charge < -0.3 is 29.2 Å². The van der Waals surface area contributed by atoms with Crippen molar-refractivity contribution in [2.24, 2.45) is 0 Å². The topological polar surface area (TPSA) is 112 Å². The average Bonchev–Trinajstić information content (AvgIpc) is 2.83. The number of rotatable bonds is 20. The van der Waals surface area contributed by atoms with Crippen molar-refractivity contribution in [1.82, 2.24) is 0 Å². The summed E-state index contributed by atoms with van der Waals surface area (Å²) in [6.07, 6.45) is 13.3. The first-order valence-corrected chi connectivity index (χ1v) is 13.8. The minimum atomic E-state index is -1.41. The molecule has 0 aliphatic carbocycles. The largest absolute Gasteiger partial charge is 0.463 e. The van der Waals surface area contributed by atoms with Gasteiger partial charge in [-0.05, 0) is 6.42 Å². The zero-order chi connectivity index (χ0) is 25.9. The zero-order valence-electron chi connectivity index (χ0n) is 22.3. The standard InChI is InChI=1S/C27H50O8/c1-4-5-6-7-8-9-10-11-12-13-14-15-16-17-18-19-23(29)33-20-22-24(30)25(31)26(34-21(2)28)27(32-3)35-22/h22,24-27,30-31H,4-20H2,1-3H3/t22?,24-,25+,26?,27-/m1/s1. The van der Waals surface area contributed by atoms with E-state index in [1.54, 1.807) is 0 Å². The highest BCUT2D eigenvalue weighted by Gasteiger charge is 2.47. The summed E-state index contributed by atoms with van der Waals surface area (Å²) in [5, 5.41) is 20.5. The van der Waals surface area contributed by atoms with E-state index in [-0.39, 0.29) is 12.6 Å². The van der Waals surface area contributed by atoms with Crippen LogP contribution in [-0.2, 0) is 28.5 Å². The SMILES string of the molecule is CCCCCCCCCCCCCCCCCC(=O)OCC1O[C@@H](OC)C(OC(C)=O)[C@@H](O)[C@@H]1O. The van der Waals surface area contributed by atoms with Crippen molar-refractivity contribution < 1.29 is 38.7 Å². The van der Waals surface area contributed by atoms with Crippen molar-refractivity contribution in [2.45, 2.75) is 147 Å². The lowest BCUT2D eigenvalue weighted by molar-refractivity contribution is -0.298. The molecule has 1 rings (SSSR count). The van der Waals surface area contributed by atoms with Crippen LogP contribution >= 0.6 is 0 Å². The zero-order valence-corrected chi connectivity index (χ0v) is 22.3. The van der Waals surface area contributed by atoms with Gasteiger partial charge in [0.05, 0.1) is 0 Å². The number of aliphatic hydroxyl groups excluding tert-OH is 2. The van der Waals surface area contributed by atoms with Gasteiger partial charge in [-0.3, -0.25) is 9.59 Å². The molecule has 2 N–H and O–H groups in total. The molecular formula is C27H50O8. The molecule has 0 aromatic carbocycles. The smallest absolute Gasteiger partial charge is 0.305 e. The molecule has 0 radical (unpaired) electrons. The summed E-state index contributed by atoms with van der Waals surface area (Å²) in [5.41, 5.74) is 0. The fourth-order valence-electron chi connectivity index (χ4n) is 4.44. The lowest BCUT2D eigenvalue weighted by Gasteiger charge is -2.40. The number of ether oxygens (including phenoxy) is 4. The predicted octanol–water partition coefficient (Wildman–Crippen LogP) is 4.82. The van der Waals surface area contributed by atoms with Crippen LogP contribution in [0.4, 0.5) is 0 Å². The van der Waals surface area contributed by atoms with Crippen LogP contribution in [0.1, 0.15) is 117 Å². The minimum absolute atomic E-state index is 0.206.